The molecule has 0 heterocycles. The zero-order valence-corrected chi connectivity index (χ0v) is 11.3. The molecule has 1 rings (SSSR count). The van der Waals surface area contributed by atoms with Gasteiger partial charge in [0, 0.05) is 19.5 Å². The molecule has 4 heteroatoms. The Balaban J connectivity index is 2.43. The van der Waals surface area contributed by atoms with Gasteiger partial charge >= 0.3 is 0 Å². The van der Waals surface area contributed by atoms with Crippen LogP contribution in [0.25, 0.3) is 0 Å². The summed E-state index contributed by atoms with van der Waals surface area (Å²) in [7, 11) is 3.51. The van der Waals surface area contributed by atoms with Gasteiger partial charge in [-0.1, -0.05) is 19.1 Å². The SMILES string of the molecule is CNCCNC(=O)CC(C)c1ccc(OC)cc1. The van der Waals surface area contributed by atoms with E-state index in [4.69, 9.17) is 4.74 Å². The topological polar surface area (TPSA) is 50.4 Å². The van der Waals surface area contributed by atoms with Crippen molar-refractivity contribution in [2.75, 3.05) is 27.2 Å². The van der Waals surface area contributed by atoms with Crippen LogP contribution in [0.3, 0.4) is 0 Å². The van der Waals surface area contributed by atoms with Crippen molar-refractivity contribution in [2.45, 2.75) is 19.3 Å². The van der Waals surface area contributed by atoms with E-state index in [9.17, 15) is 4.79 Å². The first kappa shape index (κ1) is 14.5. The minimum atomic E-state index is 0.0913. The molecule has 1 aromatic carbocycles. The van der Waals surface area contributed by atoms with Crippen LogP contribution in [0.15, 0.2) is 24.3 Å². The first-order valence-electron chi connectivity index (χ1n) is 6.22. The lowest BCUT2D eigenvalue weighted by Gasteiger charge is -2.12. The molecule has 0 aliphatic carbocycles. The molecule has 0 bridgehead atoms. The van der Waals surface area contributed by atoms with Crippen LogP contribution in [0.5, 0.6) is 5.75 Å². The average molecular weight is 250 g/mol. The first-order chi connectivity index (χ1) is 8.67. The van der Waals surface area contributed by atoms with Gasteiger partial charge in [-0.15, -0.1) is 0 Å². The van der Waals surface area contributed by atoms with Gasteiger partial charge in [0.2, 0.25) is 5.91 Å². The smallest absolute Gasteiger partial charge is 0.220 e. The summed E-state index contributed by atoms with van der Waals surface area (Å²) in [6, 6.07) is 7.85. The predicted molar refractivity (Wildman–Crippen MR) is 73.0 cm³/mol. The van der Waals surface area contributed by atoms with E-state index in [1.165, 1.54) is 0 Å². The van der Waals surface area contributed by atoms with Crippen molar-refractivity contribution in [1.82, 2.24) is 10.6 Å². The number of hydrogen-bond donors (Lipinski definition) is 2. The van der Waals surface area contributed by atoms with Gasteiger partial charge in [0.1, 0.15) is 5.75 Å². The summed E-state index contributed by atoms with van der Waals surface area (Å²) in [5.41, 5.74) is 1.15. The second-order valence-corrected chi connectivity index (χ2v) is 4.33. The molecule has 0 aliphatic rings. The van der Waals surface area contributed by atoms with Gasteiger partial charge in [-0.25, -0.2) is 0 Å². The fraction of sp³-hybridized carbons (Fsp3) is 0.500. The summed E-state index contributed by atoms with van der Waals surface area (Å²) >= 11 is 0. The Morgan fingerprint density at radius 2 is 1.94 bits per heavy atom. The highest BCUT2D eigenvalue weighted by molar-refractivity contribution is 5.76. The first-order valence-corrected chi connectivity index (χ1v) is 6.22. The van der Waals surface area contributed by atoms with Crippen molar-refractivity contribution < 1.29 is 9.53 Å². The van der Waals surface area contributed by atoms with Gasteiger partial charge in [0.25, 0.3) is 0 Å². The molecule has 0 saturated heterocycles. The number of hydrogen-bond acceptors (Lipinski definition) is 3. The van der Waals surface area contributed by atoms with E-state index >= 15 is 0 Å². The average Bonchev–Trinajstić information content (AvgIpc) is 2.39. The third kappa shape index (κ3) is 4.75. The van der Waals surface area contributed by atoms with Gasteiger partial charge in [0.15, 0.2) is 0 Å². The largest absolute Gasteiger partial charge is 0.497 e. The summed E-state index contributed by atoms with van der Waals surface area (Å²) in [5.74, 6) is 1.14. The summed E-state index contributed by atoms with van der Waals surface area (Å²) < 4.78 is 5.11. The normalized spacial score (nSPS) is 11.9. The number of methoxy groups -OCH3 is 1. The molecule has 2 N–H and O–H groups in total. The minimum absolute atomic E-state index is 0.0913. The van der Waals surface area contributed by atoms with Crippen molar-refractivity contribution in [1.29, 1.82) is 0 Å². The van der Waals surface area contributed by atoms with Crippen molar-refractivity contribution in [3.63, 3.8) is 0 Å². The van der Waals surface area contributed by atoms with Crippen LogP contribution in [0.2, 0.25) is 0 Å². The van der Waals surface area contributed by atoms with Crippen LogP contribution < -0.4 is 15.4 Å². The Bertz CT molecular complexity index is 363. The highest BCUT2D eigenvalue weighted by Gasteiger charge is 2.10. The van der Waals surface area contributed by atoms with Crippen LogP contribution in [0.4, 0.5) is 0 Å². The molecule has 1 aromatic rings. The van der Waals surface area contributed by atoms with Crippen molar-refractivity contribution >= 4 is 5.91 Å². The number of carbonyl (C=O) groups excluding carboxylic acids is 1. The quantitative estimate of drug-likeness (QED) is 0.721. The monoisotopic (exact) mass is 250 g/mol. The minimum Gasteiger partial charge on any atom is -0.497 e. The number of nitrogens with one attached hydrogen (secondary N) is 2. The zero-order valence-electron chi connectivity index (χ0n) is 11.3. The predicted octanol–water partition coefficient (Wildman–Crippen LogP) is 1.52. The van der Waals surface area contributed by atoms with Crippen molar-refractivity contribution in [3.05, 3.63) is 29.8 Å². The molecule has 100 valence electrons. The second kappa shape index (κ2) is 7.71. The number of amides is 1. The maximum atomic E-state index is 11.7. The van der Waals surface area contributed by atoms with Crippen LogP contribution >= 0.6 is 0 Å². The van der Waals surface area contributed by atoms with E-state index < -0.39 is 0 Å². The van der Waals surface area contributed by atoms with Crippen LogP contribution in [-0.2, 0) is 4.79 Å². The molecule has 0 fully saturated rings. The molecule has 0 aromatic heterocycles. The molecule has 1 unspecified atom stereocenters. The summed E-state index contributed by atoms with van der Waals surface area (Å²) in [6.45, 7) is 3.52. The fourth-order valence-electron chi connectivity index (χ4n) is 1.73. The molecule has 0 saturated carbocycles. The van der Waals surface area contributed by atoms with Gasteiger partial charge in [0.05, 0.1) is 7.11 Å². The van der Waals surface area contributed by atoms with E-state index in [1.54, 1.807) is 7.11 Å². The van der Waals surface area contributed by atoms with E-state index in [2.05, 4.69) is 17.6 Å². The van der Waals surface area contributed by atoms with E-state index in [1.807, 2.05) is 31.3 Å². The third-order valence-electron chi connectivity index (χ3n) is 2.87. The lowest BCUT2D eigenvalue weighted by molar-refractivity contribution is -0.121. The fourth-order valence-corrected chi connectivity index (χ4v) is 1.73. The van der Waals surface area contributed by atoms with Crippen LogP contribution in [0.1, 0.15) is 24.8 Å². The highest BCUT2D eigenvalue weighted by Crippen LogP contribution is 2.21. The van der Waals surface area contributed by atoms with Gasteiger partial charge in [-0.05, 0) is 30.7 Å². The van der Waals surface area contributed by atoms with Crippen LogP contribution in [0, 0.1) is 0 Å². The second-order valence-electron chi connectivity index (χ2n) is 4.33. The zero-order chi connectivity index (χ0) is 13.4. The standard InChI is InChI=1S/C14H22N2O2/c1-11(10-14(17)16-9-8-15-2)12-4-6-13(18-3)7-5-12/h4-7,11,15H,8-10H2,1-3H3,(H,16,17). The number of likely N-dealkylation sites (N-methyl/N-ethyl adjacent to an activating group) is 1. The molecule has 0 aliphatic heterocycles. The number of carbonyl (C=O) groups is 1. The summed E-state index contributed by atoms with van der Waals surface area (Å²) in [6.07, 6.45) is 0.510. The Morgan fingerprint density at radius 1 is 1.28 bits per heavy atom. The lowest BCUT2D eigenvalue weighted by atomic mass is 9.97. The molecule has 0 spiro atoms. The van der Waals surface area contributed by atoms with Gasteiger partial charge < -0.3 is 15.4 Å². The maximum Gasteiger partial charge on any atom is 0.220 e. The highest BCUT2D eigenvalue weighted by atomic mass is 16.5. The number of benzene rings is 1. The summed E-state index contributed by atoms with van der Waals surface area (Å²) in [5, 5.41) is 5.87. The summed E-state index contributed by atoms with van der Waals surface area (Å²) in [4.78, 5) is 11.7. The Kier molecular flexibility index (Phi) is 6.22. The van der Waals surface area contributed by atoms with Gasteiger partial charge in [-0.3, -0.25) is 4.79 Å². The molecule has 18 heavy (non-hydrogen) atoms. The number of rotatable bonds is 7. The van der Waals surface area contributed by atoms with Gasteiger partial charge in [-0.2, -0.15) is 0 Å². The van der Waals surface area contributed by atoms with Crippen LogP contribution in [-0.4, -0.2) is 33.2 Å². The molecular formula is C14H22N2O2. The number of ether oxygens (including phenoxy) is 1. The molecule has 4 nitrogen and oxygen atoms in total. The Labute approximate surface area is 109 Å². The van der Waals surface area contributed by atoms with E-state index in [0.717, 1.165) is 17.9 Å². The Morgan fingerprint density at radius 3 is 2.50 bits per heavy atom. The van der Waals surface area contributed by atoms with E-state index in [-0.39, 0.29) is 11.8 Å². The lowest BCUT2D eigenvalue weighted by Crippen LogP contribution is -2.31. The molecule has 1 amide bonds. The maximum absolute atomic E-state index is 11.7. The molecule has 0 radical (unpaired) electrons. The molecular weight excluding hydrogens is 228 g/mol. The van der Waals surface area contributed by atoms with Crippen molar-refractivity contribution in [3.8, 4) is 5.75 Å². The molecule has 1 atom stereocenters. The van der Waals surface area contributed by atoms with Crippen molar-refractivity contribution in [2.24, 2.45) is 0 Å². The van der Waals surface area contributed by atoms with E-state index in [0.29, 0.717) is 13.0 Å². The third-order valence-corrected chi connectivity index (χ3v) is 2.87. The Hall–Kier alpha value is -1.55.